The van der Waals surface area contributed by atoms with Crippen LogP contribution in [0.1, 0.15) is 33.3 Å². The molecule has 0 aliphatic carbocycles. The van der Waals surface area contributed by atoms with E-state index in [2.05, 4.69) is 22.8 Å². The summed E-state index contributed by atoms with van der Waals surface area (Å²) in [6, 6.07) is 18.3. The Morgan fingerprint density at radius 1 is 1.10 bits per heavy atom. The number of ether oxygens (including phenoxy) is 1. The molecule has 30 heavy (non-hydrogen) atoms. The Labute approximate surface area is 185 Å². The fourth-order valence-corrected chi connectivity index (χ4v) is 4.25. The highest BCUT2D eigenvalue weighted by Gasteiger charge is 2.18. The summed E-state index contributed by atoms with van der Waals surface area (Å²) in [6.45, 7) is 2.68. The van der Waals surface area contributed by atoms with E-state index in [1.807, 2.05) is 24.3 Å². The summed E-state index contributed by atoms with van der Waals surface area (Å²) < 4.78 is 18.2. The second kappa shape index (κ2) is 10.8. The quantitative estimate of drug-likeness (QED) is 0.372. The van der Waals surface area contributed by atoms with E-state index in [0.717, 1.165) is 16.9 Å². The van der Waals surface area contributed by atoms with Crippen molar-refractivity contribution in [3.8, 4) is 0 Å². The van der Waals surface area contributed by atoms with Gasteiger partial charge in [0.2, 0.25) is 0 Å². The maximum absolute atomic E-state index is 13.0. The lowest BCUT2D eigenvalue weighted by Crippen LogP contribution is -2.30. The highest BCUT2D eigenvalue weighted by atomic mass is 32.1. The van der Waals surface area contributed by atoms with Gasteiger partial charge in [-0.15, -0.1) is 11.3 Å². The Kier molecular flexibility index (Phi) is 7.93. The molecule has 7 heteroatoms. The van der Waals surface area contributed by atoms with Gasteiger partial charge in [-0.2, -0.15) is 0 Å². The van der Waals surface area contributed by atoms with Gasteiger partial charge in [-0.05, 0) is 54.9 Å². The molecule has 0 unspecified atom stereocenters. The summed E-state index contributed by atoms with van der Waals surface area (Å²) in [5.41, 5.74) is 2.66. The fourth-order valence-electron chi connectivity index (χ4n) is 2.90. The number of esters is 1. The van der Waals surface area contributed by atoms with Gasteiger partial charge in [0.15, 0.2) is 5.11 Å². The maximum atomic E-state index is 13.0. The Hall–Kier alpha value is -2.77. The van der Waals surface area contributed by atoms with Gasteiger partial charge >= 0.3 is 5.97 Å². The molecule has 1 heterocycles. The zero-order valence-electron chi connectivity index (χ0n) is 16.6. The molecule has 2 N–H and O–H groups in total. The van der Waals surface area contributed by atoms with E-state index >= 15 is 0 Å². The molecule has 0 spiro atoms. The van der Waals surface area contributed by atoms with Gasteiger partial charge in [-0.3, -0.25) is 0 Å². The number of halogens is 1. The Morgan fingerprint density at radius 3 is 2.53 bits per heavy atom. The third-order valence-corrected chi connectivity index (χ3v) is 5.64. The van der Waals surface area contributed by atoms with Crippen molar-refractivity contribution >= 4 is 39.6 Å². The Morgan fingerprint density at radius 2 is 1.83 bits per heavy atom. The molecule has 0 fully saturated rings. The molecular formula is C23H23FN2O2S2. The van der Waals surface area contributed by atoms with Crippen molar-refractivity contribution in [2.75, 3.05) is 18.5 Å². The monoisotopic (exact) mass is 442 g/mol. The first-order valence-electron chi connectivity index (χ1n) is 9.68. The van der Waals surface area contributed by atoms with Crippen molar-refractivity contribution < 1.29 is 13.9 Å². The zero-order valence-corrected chi connectivity index (χ0v) is 18.2. The van der Waals surface area contributed by atoms with Crippen molar-refractivity contribution in [2.45, 2.75) is 19.8 Å². The van der Waals surface area contributed by atoms with Crippen molar-refractivity contribution in [1.29, 1.82) is 0 Å². The van der Waals surface area contributed by atoms with Gasteiger partial charge < -0.3 is 15.4 Å². The summed E-state index contributed by atoms with van der Waals surface area (Å²) in [5.74, 6) is -0.621. The van der Waals surface area contributed by atoms with Crippen LogP contribution in [0.25, 0.3) is 0 Å². The molecule has 0 saturated heterocycles. The normalized spacial score (nSPS) is 10.5. The van der Waals surface area contributed by atoms with Crippen LogP contribution in [0.4, 0.5) is 9.39 Å². The minimum absolute atomic E-state index is 0.251. The first kappa shape index (κ1) is 21.9. The van der Waals surface area contributed by atoms with Crippen molar-refractivity contribution in [1.82, 2.24) is 5.32 Å². The van der Waals surface area contributed by atoms with E-state index < -0.39 is 0 Å². The molecule has 156 valence electrons. The number of hydrogen-bond donors (Lipinski definition) is 2. The molecule has 0 aliphatic rings. The summed E-state index contributed by atoms with van der Waals surface area (Å²) in [7, 11) is 0. The number of benzene rings is 2. The van der Waals surface area contributed by atoms with Gasteiger partial charge in [0.25, 0.3) is 0 Å². The largest absolute Gasteiger partial charge is 0.462 e. The van der Waals surface area contributed by atoms with Gasteiger partial charge in [0.1, 0.15) is 10.8 Å². The number of carbonyl (C=O) groups is 1. The highest BCUT2D eigenvalue weighted by molar-refractivity contribution is 7.80. The van der Waals surface area contributed by atoms with Crippen molar-refractivity contribution in [3.63, 3.8) is 0 Å². The van der Waals surface area contributed by atoms with Gasteiger partial charge in [0, 0.05) is 17.8 Å². The van der Waals surface area contributed by atoms with E-state index in [1.165, 1.54) is 29.0 Å². The van der Waals surface area contributed by atoms with Crippen LogP contribution < -0.4 is 10.6 Å². The molecule has 3 aromatic rings. The number of rotatable bonds is 8. The molecule has 4 nitrogen and oxygen atoms in total. The third-order valence-electron chi connectivity index (χ3n) is 4.34. The van der Waals surface area contributed by atoms with Crippen LogP contribution in [0, 0.1) is 5.82 Å². The molecule has 0 atom stereocenters. The molecule has 0 amide bonds. The minimum atomic E-state index is -0.371. The van der Waals surface area contributed by atoms with Crippen LogP contribution in [-0.2, 0) is 17.6 Å². The second-order valence-electron chi connectivity index (χ2n) is 6.60. The summed E-state index contributed by atoms with van der Waals surface area (Å²) in [6.07, 6.45) is 1.43. The SMILES string of the molecule is CCOC(=O)c1cc(Cc2ccccc2)sc1NC(=S)NCCc1ccc(F)cc1. The predicted octanol–water partition coefficient (Wildman–Crippen LogP) is 5.18. The first-order valence-corrected chi connectivity index (χ1v) is 10.9. The van der Waals surface area contributed by atoms with E-state index in [1.54, 1.807) is 19.1 Å². The number of thiocarbonyl (C=S) groups is 1. The number of thiophene rings is 1. The van der Waals surface area contributed by atoms with E-state index in [-0.39, 0.29) is 11.8 Å². The molecule has 3 rings (SSSR count). The molecule has 0 radical (unpaired) electrons. The lowest BCUT2D eigenvalue weighted by Gasteiger charge is -2.10. The van der Waals surface area contributed by atoms with Crippen LogP contribution in [0.15, 0.2) is 60.7 Å². The van der Waals surface area contributed by atoms with Gasteiger partial charge in [-0.1, -0.05) is 42.5 Å². The summed E-state index contributed by atoms with van der Waals surface area (Å²) >= 11 is 6.88. The van der Waals surface area contributed by atoms with Crippen LogP contribution in [0.2, 0.25) is 0 Å². The third kappa shape index (κ3) is 6.37. The number of carbonyl (C=O) groups excluding carboxylic acids is 1. The fraction of sp³-hybridized carbons (Fsp3) is 0.217. The topological polar surface area (TPSA) is 50.4 Å². The maximum Gasteiger partial charge on any atom is 0.341 e. The highest BCUT2D eigenvalue weighted by Crippen LogP contribution is 2.30. The smallest absolute Gasteiger partial charge is 0.341 e. The van der Waals surface area contributed by atoms with Gasteiger partial charge in [-0.25, -0.2) is 9.18 Å². The van der Waals surface area contributed by atoms with Crippen molar-refractivity contribution in [3.05, 3.63) is 88.0 Å². The van der Waals surface area contributed by atoms with Gasteiger partial charge in [0.05, 0.1) is 12.2 Å². The average molecular weight is 443 g/mol. The number of anilines is 1. The minimum Gasteiger partial charge on any atom is -0.462 e. The van der Waals surface area contributed by atoms with E-state index in [9.17, 15) is 9.18 Å². The first-order chi connectivity index (χ1) is 14.5. The molecular weight excluding hydrogens is 419 g/mol. The average Bonchev–Trinajstić information content (AvgIpc) is 3.12. The van der Waals surface area contributed by atoms with Crippen molar-refractivity contribution in [2.24, 2.45) is 0 Å². The number of nitrogens with one attached hydrogen (secondary N) is 2. The molecule has 0 aliphatic heterocycles. The molecule has 0 saturated carbocycles. The number of hydrogen-bond acceptors (Lipinski definition) is 4. The van der Waals surface area contributed by atoms with E-state index in [0.29, 0.717) is 35.2 Å². The van der Waals surface area contributed by atoms with Crippen LogP contribution in [0.5, 0.6) is 0 Å². The van der Waals surface area contributed by atoms with Crippen LogP contribution in [0.3, 0.4) is 0 Å². The van der Waals surface area contributed by atoms with Crippen LogP contribution in [-0.4, -0.2) is 24.2 Å². The summed E-state index contributed by atoms with van der Waals surface area (Å²) in [5, 5.41) is 7.35. The lowest BCUT2D eigenvalue weighted by atomic mass is 10.1. The molecule has 2 aromatic carbocycles. The van der Waals surface area contributed by atoms with E-state index in [4.69, 9.17) is 17.0 Å². The van der Waals surface area contributed by atoms with Crippen LogP contribution >= 0.6 is 23.6 Å². The standard InChI is InChI=1S/C23H23FN2O2S2/c1-2-28-22(27)20-15-19(14-17-6-4-3-5-7-17)30-21(20)26-23(29)25-13-12-16-8-10-18(24)11-9-16/h3-11,15H,2,12-14H2,1H3,(H2,25,26,29). The predicted molar refractivity (Wildman–Crippen MR) is 124 cm³/mol. The zero-order chi connectivity index (χ0) is 21.3. The molecule has 0 bridgehead atoms. The lowest BCUT2D eigenvalue weighted by molar-refractivity contribution is 0.0528. The Bertz CT molecular complexity index is 988. The summed E-state index contributed by atoms with van der Waals surface area (Å²) in [4.78, 5) is 13.4. The second-order valence-corrected chi connectivity index (χ2v) is 8.14. The molecule has 1 aromatic heterocycles. The Balaban J connectivity index is 1.64.